The number of benzene rings is 1. The first-order valence-electron chi connectivity index (χ1n) is 5.43. The molecule has 0 aliphatic heterocycles. The summed E-state index contributed by atoms with van der Waals surface area (Å²) in [5.41, 5.74) is 1.14. The molecule has 0 radical (unpaired) electrons. The number of ketones is 1. The average Bonchev–Trinajstić information content (AvgIpc) is 2.29. The molecule has 1 aliphatic rings. The number of carbonyl (C=O) groups excluding carboxylic acids is 1. The van der Waals surface area contributed by atoms with E-state index in [1.807, 2.05) is 0 Å². The van der Waals surface area contributed by atoms with Crippen LogP contribution < -0.4 is 0 Å². The van der Waals surface area contributed by atoms with Gasteiger partial charge in [0.15, 0.2) is 0 Å². The third kappa shape index (κ3) is 2.27. The number of rotatable bonds is 2. The Bertz CT molecular complexity index is 411. The summed E-state index contributed by atoms with van der Waals surface area (Å²) in [4.78, 5) is 21.4. The third-order valence-corrected chi connectivity index (χ3v) is 3.06. The quantitative estimate of drug-likeness (QED) is 0.567. The number of non-ortho nitro benzene ring substituents is 1. The zero-order valence-electron chi connectivity index (χ0n) is 8.89. The summed E-state index contributed by atoms with van der Waals surface area (Å²) < 4.78 is 0. The van der Waals surface area contributed by atoms with Gasteiger partial charge in [-0.3, -0.25) is 14.9 Å². The SMILES string of the molecule is O=C1CCC[C@H](c2ccc([N+](=O)[O-])cc2)C1. The van der Waals surface area contributed by atoms with Gasteiger partial charge >= 0.3 is 0 Å². The molecular weight excluding hydrogens is 206 g/mol. The van der Waals surface area contributed by atoms with E-state index in [0.29, 0.717) is 18.6 Å². The second kappa shape index (κ2) is 4.43. The van der Waals surface area contributed by atoms with Crippen molar-refractivity contribution in [3.05, 3.63) is 39.9 Å². The van der Waals surface area contributed by atoms with Gasteiger partial charge in [0.25, 0.3) is 5.69 Å². The molecule has 0 saturated heterocycles. The molecule has 2 rings (SSSR count). The molecule has 1 atom stereocenters. The van der Waals surface area contributed by atoms with E-state index in [4.69, 9.17) is 0 Å². The highest BCUT2D eigenvalue weighted by molar-refractivity contribution is 5.80. The molecule has 4 heteroatoms. The number of hydrogen-bond acceptors (Lipinski definition) is 3. The third-order valence-electron chi connectivity index (χ3n) is 3.06. The van der Waals surface area contributed by atoms with Crippen LogP contribution in [0.1, 0.15) is 37.2 Å². The summed E-state index contributed by atoms with van der Waals surface area (Å²) in [5.74, 6) is 0.552. The van der Waals surface area contributed by atoms with Crippen LogP contribution in [-0.2, 0) is 4.79 Å². The van der Waals surface area contributed by atoms with Crippen molar-refractivity contribution in [2.24, 2.45) is 0 Å². The monoisotopic (exact) mass is 219 g/mol. The lowest BCUT2D eigenvalue weighted by Crippen LogP contribution is -2.13. The van der Waals surface area contributed by atoms with E-state index in [0.717, 1.165) is 18.4 Å². The molecule has 0 N–H and O–H groups in total. The average molecular weight is 219 g/mol. The van der Waals surface area contributed by atoms with Crippen molar-refractivity contribution in [2.45, 2.75) is 31.6 Å². The lowest BCUT2D eigenvalue weighted by Gasteiger charge is -2.20. The summed E-state index contributed by atoms with van der Waals surface area (Å²) in [7, 11) is 0. The first-order chi connectivity index (χ1) is 7.66. The smallest absolute Gasteiger partial charge is 0.269 e. The Morgan fingerprint density at radius 2 is 1.94 bits per heavy atom. The van der Waals surface area contributed by atoms with E-state index in [-0.39, 0.29) is 11.6 Å². The molecule has 4 nitrogen and oxygen atoms in total. The maximum absolute atomic E-state index is 11.3. The van der Waals surface area contributed by atoms with Crippen molar-refractivity contribution in [2.75, 3.05) is 0 Å². The Hall–Kier alpha value is -1.71. The predicted molar refractivity (Wildman–Crippen MR) is 59.3 cm³/mol. The van der Waals surface area contributed by atoms with Crippen LogP contribution in [0.15, 0.2) is 24.3 Å². The number of nitrogens with zero attached hydrogens (tertiary/aromatic N) is 1. The lowest BCUT2D eigenvalue weighted by atomic mass is 9.83. The van der Waals surface area contributed by atoms with Crippen molar-refractivity contribution >= 4 is 11.5 Å². The largest absolute Gasteiger partial charge is 0.300 e. The number of carbonyl (C=O) groups is 1. The first-order valence-corrected chi connectivity index (χ1v) is 5.43. The molecule has 1 aromatic carbocycles. The van der Waals surface area contributed by atoms with Crippen molar-refractivity contribution in [1.29, 1.82) is 0 Å². The topological polar surface area (TPSA) is 60.2 Å². The number of nitro benzene ring substituents is 1. The molecular formula is C12H13NO3. The summed E-state index contributed by atoms with van der Waals surface area (Å²) >= 11 is 0. The summed E-state index contributed by atoms with van der Waals surface area (Å²) in [6.45, 7) is 0. The highest BCUT2D eigenvalue weighted by Gasteiger charge is 2.21. The van der Waals surface area contributed by atoms with Crippen molar-refractivity contribution in [3.63, 3.8) is 0 Å². The highest BCUT2D eigenvalue weighted by Crippen LogP contribution is 2.31. The molecule has 16 heavy (non-hydrogen) atoms. The number of hydrogen-bond donors (Lipinski definition) is 0. The van der Waals surface area contributed by atoms with Gasteiger partial charge in [-0.2, -0.15) is 0 Å². The second-order valence-electron chi connectivity index (χ2n) is 4.18. The van der Waals surface area contributed by atoms with Gasteiger partial charge in [0.1, 0.15) is 5.78 Å². The minimum atomic E-state index is -0.407. The van der Waals surface area contributed by atoms with Gasteiger partial charge in [0, 0.05) is 25.0 Å². The highest BCUT2D eigenvalue weighted by atomic mass is 16.6. The second-order valence-corrected chi connectivity index (χ2v) is 4.18. The van der Waals surface area contributed by atoms with Gasteiger partial charge in [-0.05, 0) is 24.3 Å². The molecule has 0 amide bonds. The fourth-order valence-electron chi connectivity index (χ4n) is 2.18. The lowest BCUT2D eigenvalue weighted by molar-refractivity contribution is -0.384. The predicted octanol–water partition coefficient (Wildman–Crippen LogP) is 2.82. The Morgan fingerprint density at radius 1 is 1.25 bits per heavy atom. The molecule has 0 bridgehead atoms. The van der Waals surface area contributed by atoms with Crippen LogP contribution in [0.25, 0.3) is 0 Å². The number of Topliss-reactive ketones (excluding diaryl/α,β-unsaturated/α-hetero) is 1. The fourth-order valence-corrected chi connectivity index (χ4v) is 2.18. The normalized spacial score (nSPS) is 20.8. The van der Waals surface area contributed by atoms with Gasteiger partial charge in [0.2, 0.25) is 0 Å². The maximum atomic E-state index is 11.3. The molecule has 0 aromatic heterocycles. The molecule has 1 saturated carbocycles. The zero-order chi connectivity index (χ0) is 11.5. The van der Waals surface area contributed by atoms with Crippen LogP contribution in [0.5, 0.6) is 0 Å². The van der Waals surface area contributed by atoms with Crippen LogP contribution in [0.4, 0.5) is 5.69 Å². The molecule has 0 heterocycles. The molecule has 1 aliphatic carbocycles. The van der Waals surface area contributed by atoms with Gasteiger partial charge in [-0.25, -0.2) is 0 Å². The van der Waals surface area contributed by atoms with Gasteiger partial charge < -0.3 is 0 Å². The summed E-state index contributed by atoms with van der Waals surface area (Å²) in [6, 6.07) is 6.55. The molecule has 0 spiro atoms. The van der Waals surface area contributed by atoms with Crippen LogP contribution in [0.3, 0.4) is 0 Å². The van der Waals surface area contributed by atoms with Crippen molar-refractivity contribution in [1.82, 2.24) is 0 Å². The van der Waals surface area contributed by atoms with E-state index in [2.05, 4.69) is 0 Å². The summed E-state index contributed by atoms with van der Waals surface area (Å²) in [6.07, 6.45) is 3.20. The first kappa shape index (κ1) is 10.8. The fraction of sp³-hybridized carbons (Fsp3) is 0.417. The van der Waals surface area contributed by atoms with E-state index < -0.39 is 4.92 Å². The Morgan fingerprint density at radius 3 is 2.50 bits per heavy atom. The Kier molecular flexibility index (Phi) is 2.99. The van der Waals surface area contributed by atoms with Crippen LogP contribution in [0.2, 0.25) is 0 Å². The summed E-state index contributed by atoms with van der Waals surface area (Å²) in [5, 5.41) is 10.5. The maximum Gasteiger partial charge on any atom is 0.269 e. The van der Waals surface area contributed by atoms with Crippen LogP contribution >= 0.6 is 0 Å². The molecule has 1 fully saturated rings. The Balaban J connectivity index is 2.14. The molecule has 84 valence electrons. The van der Waals surface area contributed by atoms with E-state index >= 15 is 0 Å². The zero-order valence-corrected chi connectivity index (χ0v) is 8.89. The minimum Gasteiger partial charge on any atom is -0.300 e. The minimum absolute atomic E-state index is 0.103. The Labute approximate surface area is 93.4 Å². The van der Waals surface area contributed by atoms with E-state index in [1.165, 1.54) is 12.1 Å². The van der Waals surface area contributed by atoms with E-state index in [9.17, 15) is 14.9 Å². The molecule has 0 unspecified atom stereocenters. The van der Waals surface area contributed by atoms with Crippen LogP contribution in [-0.4, -0.2) is 10.7 Å². The van der Waals surface area contributed by atoms with E-state index in [1.54, 1.807) is 12.1 Å². The van der Waals surface area contributed by atoms with Crippen molar-refractivity contribution < 1.29 is 9.72 Å². The standard InChI is InChI=1S/C12H13NO3/c14-12-3-1-2-10(8-12)9-4-6-11(7-5-9)13(15)16/h4-7,10H,1-3,8H2/t10-/m0/s1. The van der Waals surface area contributed by atoms with Crippen molar-refractivity contribution in [3.8, 4) is 0 Å². The van der Waals surface area contributed by atoms with Gasteiger partial charge in [-0.15, -0.1) is 0 Å². The van der Waals surface area contributed by atoms with Gasteiger partial charge in [0.05, 0.1) is 4.92 Å². The van der Waals surface area contributed by atoms with Crippen LogP contribution in [0, 0.1) is 10.1 Å². The molecule has 1 aromatic rings. The van der Waals surface area contributed by atoms with Gasteiger partial charge in [-0.1, -0.05) is 12.1 Å². The number of nitro groups is 1.